The predicted octanol–water partition coefficient (Wildman–Crippen LogP) is 6.54. The number of aromatic hydroxyl groups is 1. The number of imidazole rings is 1. The first kappa shape index (κ1) is 22.7. The molecule has 6 nitrogen and oxygen atoms in total. The van der Waals surface area contributed by atoms with Gasteiger partial charge < -0.3 is 24.1 Å². The molecule has 0 spiro atoms. The Bertz CT molecular complexity index is 1450. The van der Waals surface area contributed by atoms with Gasteiger partial charge in [-0.2, -0.15) is 0 Å². The van der Waals surface area contributed by atoms with Crippen molar-refractivity contribution in [3.05, 3.63) is 74.8 Å². The molecule has 0 saturated heterocycles. The maximum Gasteiger partial charge on any atom is 0.214 e. The van der Waals surface area contributed by atoms with Crippen LogP contribution in [-0.4, -0.2) is 39.5 Å². The highest BCUT2D eigenvalue weighted by atomic mass is 35.5. The van der Waals surface area contributed by atoms with E-state index in [9.17, 15) is 5.11 Å². The number of aromatic nitrogens is 3. The summed E-state index contributed by atoms with van der Waals surface area (Å²) in [4.78, 5) is 3.65. The molecule has 2 aliphatic rings. The van der Waals surface area contributed by atoms with E-state index in [1.165, 1.54) is 12.8 Å². The van der Waals surface area contributed by atoms with E-state index in [1.54, 1.807) is 7.11 Å². The number of benzene rings is 2. The molecule has 182 valence electrons. The minimum Gasteiger partial charge on any atom is -0.493 e. The average Bonchev–Trinajstić information content (AvgIpc) is 3.56. The summed E-state index contributed by atoms with van der Waals surface area (Å²) in [6, 6.07) is 14.1. The van der Waals surface area contributed by atoms with Gasteiger partial charge in [0.15, 0.2) is 4.77 Å². The van der Waals surface area contributed by atoms with E-state index in [0.29, 0.717) is 35.3 Å². The smallest absolute Gasteiger partial charge is 0.214 e. The molecular weight excluding hydrogens is 482 g/mol. The van der Waals surface area contributed by atoms with Gasteiger partial charge in [-0.3, -0.25) is 4.57 Å². The molecule has 1 aliphatic heterocycles. The molecule has 0 bridgehead atoms. The maximum absolute atomic E-state index is 11.4. The summed E-state index contributed by atoms with van der Waals surface area (Å²) in [5.41, 5.74) is 5.21. The zero-order chi connectivity index (χ0) is 24.1. The monoisotopic (exact) mass is 509 g/mol. The van der Waals surface area contributed by atoms with Crippen molar-refractivity contribution >= 4 is 34.7 Å². The fourth-order valence-corrected chi connectivity index (χ4v) is 6.38. The van der Waals surface area contributed by atoms with Crippen LogP contribution in [-0.2, 0) is 11.2 Å². The summed E-state index contributed by atoms with van der Waals surface area (Å²) in [5.74, 6) is 1.09. The SMILES string of the molecule is COCCOc1ccc(C2c3[nH]c4ccc(Cl)cc4c3Cc3c(O)n(C4CCCC4)c(=S)n32)cc1. The highest BCUT2D eigenvalue weighted by Crippen LogP contribution is 2.45. The Morgan fingerprint density at radius 2 is 1.86 bits per heavy atom. The third kappa shape index (κ3) is 3.77. The van der Waals surface area contributed by atoms with Crippen LogP contribution in [0.4, 0.5) is 0 Å². The summed E-state index contributed by atoms with van der Waals surface area (Å²) in [7, 11) is 1.66. The number of methoxy groups -OCH3 is 1. The van der Waals surface area contributed by atoms with Gasteiger partial charge >= 0.3 is 0 Å². The fraction of sp³-hybridized carbons (Fsp3) is 0.370. The Labute approximate surface area is 214 Å². The molecule has 0 radical (unpaired) electrons. The molecule has 35 heavy (non-hydrogen) atoms. The van der Waals surface area contributed by atoms with Crippen LogP contribution >= 0.6 is 23.8 Å². The molecule has 3 heterocycles. The van der Waals surface area contributed by atoms with Crippen LogP contribution in [0, 0.1) is 4.77 Å². The Morgan fingerprint density at radius 3 is 2.60 bits per heavy atom. The van der Waals surface area contributed by atoms with E-state index in [-0.39, 0.29) is 12.1 Å². The van der Waals surface area contributed by atoms with E-state index in [0.717, 1.165) is 52.0 Å². The number of H-pyrrole nitrogens is 1. The second kappa shape index (κ2) is 9.04. The lowest BCUT2D eigenvalue weighted by Gasteiger charge is -2.27. The van der Waals surface area contributed by atoms with Crippen LogP contribution < -0.4 is 4.74 Å². The molecule has 2 N–H and O–H groups in total. The van der Waals surface area contributed by atoms with Gasteiger partial charge in [-0.25, -0.2) is 0 Å². The number of rotatable bonds is 6. The van der Waals surface area contributed by atoms with Crippen LogP contribution in [0.15, 0.2) is 42.5 Å². The van der Waals surface area contributed by atoms with Crippen molar-refractivity contribution in [2.75, 3.05) is 20.3 Å². The van der Waals surface area contributed by atoms with Gasteiger partial charge in [-0.05, 0) is 66.5 Å². The number of ether oxygens (including phenoxy) is 2. The zero-order valence-corrected chi connectivity index (χ0v) is 21.2. The minimum atomic E-state index is -0.186. The van der Waals surface area contributed by atoms with E-state index in [1.807, 2.05) is 34.9 Å². The first-order chi connectivity index (χ1) is 17.1. The van der Waals surface area contributed by atoms with E-state index in [4.69, 9.17) is 33.3 Å². The normalized spacial score (nSPS) is 17.6. The Hall–Kier alpha value is -2.74. The molecule has 2 aromatic heterocycles. The lowest BCUT2D eigenvalue weighted by atomic mass is 9.93. The second-order valence-electron chi connectivity index (χ2n) is 9.43. The van der Waals surface area contributed by atoms with E-state index < -0.39 is 0 Å². The van der Waals surface area contributed by atoms with Gasteiger partial charge in [0.1, 0.15) is 18.4 Å². The van der Waals surface area contributed by atoms with Crippen LogP contribution in [0.5, 0.6) is 11.6 Å². The number of hydrogen-bond acceptors (Lipinski definition) is 4. The number of halogens is 1. The largest absolute Gasteiger partial charge is 0.493 e. The molecule has 1 saturated carbocycles. The quantitative estimate of drug-likeness (QED) is 0.201. The molecule has 1 aliphatic carbocycles. The van der Waals surface area contributed by atoms with Gasteiger partial charge in [-0.15, -0.1) is 0 Å². The third-order valence-electron chi connectivity index (χ3n) is 7.41. The summed E-state index contributed by atoms with van der Waals surface area (Å²) >= 11 is 12.4. The van der Waals surface area contributed by atoms with Crippen molar-refractivity contribution in [1.82, 2.24) is 14.1 Å². The van der Waals surface area contributed by atoms with E-state index >= 15 is 0 Å². The van der Waals surface area contributed by atoms with Crippen molar-refractivity contribution < 1.29 is 14.6 Å². The first-order valence-corrected chi connectivity index (χ1v) is 12.9. The fourth-order valence-electron chi connectivity index (χ4n) is 5.76. The number of aromatic amines is 1. The number of fused-ring (bicyclic) bond motifs is 4. The topological polar surface area (TPSA) is 64.3 Å². The van der Waals surface area contributed by atoms with Gasteiger partial charge in [0.05, 0.1) is 12.3 Å². The predicted molar refractivity (Wildman–Crippen MR) is 140 cm³/mol. The molecule has 4 aromatic rings. The average molecular weight is 510 g/mol. The highest BCUT2D eigenvalue weighted by molar-refractivity contribution is 7.71. The lowest BCUT2D eigenvalue weighted by Crippen LogP contribution is -2.22. The second-order valence-corrected chi connectivity index (χ2v) is 10.2. The number of hydrogen-bond donors (Lipinski definition) is 2. The lowest BCUT2D eigenvalue weighted by molar-refractivity contribution is 0.146. The summed E-state index contributed by atoms with van der Waals surface area (Å²) in [6.07, 6.45) is 5.03. The van der Waals surface area contributed by atoms with E-state index in [2.05, 4.69) is 21.7 Å². The van der Waals surface area contributed by atoms with Crippen LogP contribution in [0.3, 0.4) is 0 Å². The molecule has 1 unspecified atom stereocenters. The Kier molecular flexibility index (Phi) is 5.87. The zero-order valence-electron chi connectivity index (χ0n) is 19.6. The van der Waals surface area contributed by atoms with Gasteiger partial charge in [0.25, 0.3) is 0 Å². The van der Waals surface area contributed by atoms with Crippen LogP contribution in [0.2, 0.25) is 5.02 Å². The van der Waals surface area contributed by atoms with Gasteiger partial charge in [0, 0.05) is 41.2 Å². The standard InChI is InChI=1S/C27H28ClN3O3S/c1-33-12-13-34-19-9-6-16(7-10-19)25-24-21(20-14-17(28)8-11-22(20)29-24)15-23-26(32)30(27(35)31(23)25)18-4-2-3-5-18/h6-11,14,18,25,29,32H,2-5,12-13,15H2,1H3. The molecular formula is C27H28ClN3O3S. The molecule has 1 atom stereocenters. The van der Waals surface area contributed by atoms with Crippen molar-refractivity contribution in [2.45, 2.75) is 44.2 Å². The molecule has 0 amide bonds. The molecule has 2 aromatic carbocycles. The third-order valence-corrected chi connectivity index (χ3v) is 8.04. The minimum absolute atomic E-state index is 0.186. The van der Waals surface area contributed by atoms with Crippen molar-refractivity contribution in [1.29, 1.82) is 0 Å². The summed E-state index contributed by atoms with van der Waals surface area (Å²) in [5, 5.41) is 13.2. The van der Waals surface area contributed by atoms with Crippen LogP contribution in [0.1, 0.15) is 60.3 Å². The number of nitrogens with zero attached hydrogens (tertiary/aromatic N) is 2. The molecule has 6 rings (SSSR count). The van der Waals surface area contributed by atoms with Crippen molar-refractivity contribution in [3.8, 4) is 11.6 Å². The number of nitrogens with one attached hydrogen (secondary N) is 1. The Morgan fingerprint density at radius 1 is 1.09 bits per heavy atom. The van der Waals surface area contributed by atoms with Gasteiger partial charge in [-0.1, -0.05) is 36.6 Å². The van der Waals surface area contributed by atoms with Crippen molar-refractivity contribution in [2.24, 2.45) is 0 Å². The Balaban J connectivity index is 1.51. The molecule has 1 fully saturated rings. The van der Waals surface area contributed by atoms with Gasteiger partial charge in [0.2, 0.25) is 5.88 Å². The first-order valence-electron chi connectivity index (χ1n) is 12.1. The maximum atomic E-state index is 11.4. The van der Waals surface area contributed by atoms with Crippen molar-refractivity contribution in [3.63, 3.8) is 0 Å². The molecule has 8 heteroatoms. The summed E-state index contributed by atoms with van der Waals surface area (Å²) < 4.78 is 15.7. The summed E-state index contributed by atoms with van der Waals surface area (Å²) in [6.45, 7) is 1.04. The van der Waals surface area contributed by atoms with Crippen LogP contribution in [0.25, 0.3) is 10.9 Å². The highest BCUT2D eigenvalue weighted by Gasteiger charge is 2.36.